The van der Waals surface area contributed by atoms with Crippen molar-refractivity contribution in [3.05, 3.63) is 57.1 Å². The van der Waals surface area contributed by atoms with Crippen molar-refractivity contribution in [2.75, 3.05) is 11.1 Å². The van der Waals surface area contributed by atoms with E-state index in [0.717, 1.165) is 0 Å². The number of nitrogens with zero attached hydrogens (tertiary/aromatic N) is 1. The molecule has 1 amide bonds. The minimum Gasteiger partial charge on any atom is -0.325 e. The van der Waals surface area contributed by atoms with Crippen molar-refractivity contribution in [1.29, 1.82) is 5.26 Å². The zero-order valence-corrected chi connectivity index (χ0v) is 15.7. The second-order valence-electron chi connectivity index (χ2n) is 5.73. The molecule has 0 fully saturated rings. The van der Waals surface area contributed by atoms with Gasteiger partial charge in [0, 0.05) is 10.6 Å². The second kappa shape index (κ2) is 7.74. The van der Waals surface area contributed by atoms with Crippen LogP contribution in [0.15, 0.2) is 29.2 Å². The lowest BCUT2D eigenvalue weighted by Gasteiger charge is -2.14. The quantitative estimate of drug-likeness (QED) is 0.766. The Balaban J connectivity index is 2.07. The van der Waals surface area contributed by atoms with E-state index >= 15 is 0 Å². The third kappa shape index (κ3) is 4.11. The Morgan fingerprint density at radius 3 is 2.33 bits per heavy atom. The Morgan fingerprint density at radius 1 is 1.17 bits per heavy atom. The van der Waals surface area contributed by atoms with Crippen LogP contribution in [0.1, 0.15) is 27.8 Å². The first-order valence-electron chi connectivity index (χ1n) is 7.53. The number of hydrogen-bond donors (Lipinski definition) is 1. The van der Waals surface area contributed by atoms with Gasteiger partial charge in [0.15, 0.2) is 0 Å². The molecule has 0 aliphatic carbocycles. The summed E-state index contributed by atoms with van der Waals surface area (Å²) in [6, 6.07) is 9.05. The minimum absolute atomic E-state index is 0.0984. The Morgan fingerprint density at radius 2 is 1.79 bits per heavy atom. The number of hydrogen-bond acceptors (Lipinski definition) is 3. The summed E-state index contributed by atoms with van der Waals surface area (Å²) in [4.78, 5) is 13.4. The summed E-state index contributed by atoms with van der Waals surface area (Å²) in [5, 5.41) is 12.0. The summed E-state index contributed by atoms with van der Waals surface area (Å²) < 4.78 is 0. The Bertz CT molecular complexity index is 814. The Labute approximate surface area is 152 Å². The van der Waals surface area contributed by atoms with Crippen LogP contribution in [0.5, 0.6) is 0 Å². The molecule has 0 aromatic heterocycles. The van der Waals surface area contributed by atoms with Crippen molar-refractivity contribution in [3.63, 3.8) is 0 Å². The molecular weight excluding hydrogens is 340 g/mol. The van der Waals surface area contributed by atoms with Crippen LogP contribution in [-0.4, -0.2) is 11.7 Å². The van der Waals surface area contributed by atoms with Gasteiger partial charge in [-0.1, -0.05) is 17.7 Å². The monoisotopic (exact) mass is 358 g/mol. The van der Waals surface area contributed by atoms with E-state index in [1.54, 1.807) is 30.0 Å². The molecule has 24 heavy (non-hydrogen) atoms. The lowest BCUT2D eigenvalue weighted by atomic mass is 10.0. The van der Waals surface area contributed by atoms with Gasteiger partial charge in [-0.3, -0.25) is 4.79 Å². The number of rotatable bonds is 4. The maximum atomic E-state index is 12.2. The summed E-state index contributed by atoms with van der Waals surface area (Å²) in [6.07, 6.45) is 0. The largest absolute Gasteiger partial charge is 0.325 e. The van der Waals surface area contributed by atoms with Crippen LogP contribution >= 0.6 is 23.4 Å². The highest BCUT2D eigenvalue weighted by atomic mass is 35.5. The molecule has 0 aliphatic heterocycles. The molecule has 0 bridgehead atoms. The summed E-state index contributed by atoms with van der Waals surface area (Å²) in [5.74, 6) is 0.223. The molecule has 0 atom stereocenters. The van der Waals surface area contributed by atoms with E-state index in [-0.39, 0.29) is 5.91 Å². The van der Waals surface area contributed by atoms with E-state index in [1.165, 1.54) is 27.1 Å². The van der Waals surface area contributed by atoms with Gasteiger partial charge in [-0.15, -0.1) is 11.8 Å². The molecule has 0 radical (unpaired) electrons. The molecule has 2 aromatic carbocycles. The van der Waals surface area contributed by atoms with Crippen LogP contribution in [0, 0.1) is 39.0 Å². The van der Waals surface area contributed by atoms with Crippen LogP contribution in [0.3, 0.4) is 0 Å². The fourth-order valence-electron chi connectivity index (χ4n) is 2.42. The molecule has 2 aromatic rings. The topological polar surface area (TPSA) is 52.9 Å². The maximum Gasteiger partial charge on any atom is 0.234 e. The average molecular weight is 359 g/mol. The van der Waals surface area contributed by atoms with Gasteiger partial charge in [-0.2, -0.15) is 5.26 Å². The zero-order valence-electron chi connectivity index (χ0n) is 14.2. The predicted molar refractivity (Wildman–Crippen MR) is 101 cm³/mol. The van der Waals surface area contributed by atoms with Gasteiger partial charge in [0.1, 0.15) is 6.07 Å². The fraction of sp³-hybridized carbons (Fsp3) is 0.263. The first-order chi connectivity index (χ1) is 11.3. The van der Waals surface area contributed by atoms with E-state index in [9.17, 15) is 4.79 Å². The number of nitrogens with one attached hydrogen (secondary N) is 1. The molecule has 2 rings (SSSR count). The highest BCUT2D eigenvalue weighted by Gasteiger charge is 2.12. The summed E-state index contributed by atoms with van der Waals surface area (Å²) >= 11 is 7.53. The van der Waals surface area contributed by atoms with Gasteiger partial charge in [-0.25, -0.2) is 0 Å². The molecule has 0 aliphatic rings. The molecule has 0 unspecified atom stereocenters. The summed E-state index contributed by atoms with van der Waals surface area (Å²) in [5.41, 5.74) is 5.90. The van der Waals surface area contributed by atoms with Crippen LogP contribution in [-0.2, 0) is 4.79 Å². The summed E-state index contributed by atoms with van der Waals surface area (Å²) in [6.45, 7) is 8.35. The molecule has 5 heteroatoms. The van der Waals surface area contributed by atoms with Gasteiger partial charge in [-0.05, 0) is 68.1 Å². The third-order valence-electron chi connectivity index (χ3n) is 4.02. The maximum absolute atomic E-state index is 12.2. The van der Waals surface area contributed by atoms with Gasteiger partial charge >= 0.3 is 0 Å². The van der Waals surface area contributed by atoms with Crippen molar-refractivity contribution in [1.82, 2.24) is 0 Å². The fourth-order valence-corrected chi connectivity index (χ4v) is 3.74. The minimum atomic E-state index is -0.0984. The third-order valence-corrected chi connectivity index (χ3v) is 5.64. The molecule has 1 N–H and O–H groups in total. The Hall–Kier alpha value is -1.96. The van der Waals surface area contributed by atoms with Crippen molar-refractivity contribution in [2.45, 2.75) is 32.6 Å². The molecule has 3 nitrogen and oxygen atoms in total. The molecule has 0 heterocycles. The molecule has 124 valence electrons. The van der Waals surface area contributed by atoms with E-state index in [0.29, 0.717) is 22.0 Å². The number of benzene rings is 2. The number of carbonyl (C=O) groups is 1. The Kier molecular flexibility index (Phi) is 5.93. The van der Waals surface area contributed by atoms with Crippen LogP contribution in [0.2, 0.25) is 5.02 Å². The van der Waals surface area contributed by atoms with E-state index in [4.69, 9.17) is 16.9 Å². The molecule has 0 saturated carbocycles. The second-order valence-corrected chi connectivity index (χ2v) is 7.13. The number of carbonyl (C=O) groups excluding carboxylic acids is 1. The van der Waals surface area contributed by atoms with Crippen molar-refractivity contribution < 1.29 is 4.79 Å². The van der Waals surface area contributed by atoms with Gasteiger partial charge in [0.05, 0.1) is 16.3 Å². The van der Waals surface area contributed by atoms with Gasteiger partial charge in [0.25, 0.3) is 0 Å². The van der Waals surface area contributed by atoms with Crippen molar-refractivity contribution in [2.24, 2.45) is 0 Å². The van der Waals surface area contributed by atoms with Crippen LogP contribution in [0.25, 0.3) is 0 Å². The first kappa shape index (κ1) is 18.4. The van der Waals surface area contributed by atoms with Gasteiger partial charge < -0.3 is 5.32 Å². The lowest BCUT2D eigenvalue weighted by Crippen LogP contribution is -2.14. The SMILES string of the molecule is Cc1cc(C)c(C)c(SCC(=O)Nc2ccc(C#N)c(Cl)c2)c1C. The average Bonchev–Trinajstić information content (AvgIpc) is 2.53. The number of anilines is 1. The number of halogens is 1. The number of aryl methyl sites for hydroxylation is 2. The van der Waals surface area contributed by atoms with Crippen LogP contribution < -0.4 is 5.32 Å². The predicted octanol–water partition coefficient (Wildman–Crippen LogP) is 5.18. The normalized spacial score (nSPS) is 10.3. The first-order valence-corrected chi connectivity index (χ1v) is 8.89. The van der Waals surface area contributed by atoms with E-state index in [1.807, 2.05) is 6.07 Å². The number of amides is 1. The molecule has 0 saturated heterocycles. The highest BCUT2D eigenvalue weighted by Crippen LogP contribution is 2.31. The van der Waals surface area contributed by atoms with Crippen LogP contribution in [0.4, 0.5) is 5.69 Å². The smallest absolute Gasteiger partial charge is 0.234 e. The number of thioether (sulfide) groups is 1. The standard InChI is InChI=1S/C19H19ClN2OS/c1-11-7-12(2)14(4)19(13(11)3)24-10-18(23)22-16-6-5-15(9-21)17(20)8-16/h5-8H,10H2,1-4H3,(H,22,23). The number of nitriles is 1. The van der Waals surface area contributed by atoms with Gasteiger partial charge in [0.2, 0.25) is 5.91 Å². The van der Waals surface area contributed by atoms with Crippen molar-refractivity contribution >= 4 is 35.0 Å². The highest BCUT2D eigenvalue weighted by molar-refractivity contribution is 8.00. The van der Waals surface area contributed by atoms with E-state index < -0.39 is 0 Å². The molecule has 0 spiro atoms. The molecular formula is C19H19ClN2OS. The zero-order chi connectivity index (χ0) is 17.9. The summed E-state index contributed by atoms with van der Waals surface area (Å²) in [7, 11) is 0. The van der Waals surface area contributed by atoms with E-state index in [2.05, 4.69) is 39.1 Å². The van der Waals surface area contributed by atoms with Crippen molar-refractivity contribution in [3.8, 4) is 6.07 Å². The lowest BCUT2D eigenvalue weighted by molar-refractivity contribution is -0.113.